The molecule has 2 heterocycles. The summed E-state index contributed by atoms with van der Waals surface area (Å²) in [5, 5.41) is 9.22. The summed E-state index contributed by atoms with van der Waals surface area (Å²) >= 11 is 0. The summed E-state index contributed by atoms with van der Waals surface area (Å²) in [4.78, 5) is 90.7. The Hall–Kier alpha value is -7.09. The number of esters is 8. The molecule has 14 rings (SSSR count). The van der Waals surface area contributed by atoms with Gasteiger partial charge in [0.25, 0.3) is 0 Å². The molecule has 0 spiro atoms. The molecule has 90 heavy (non-hydrogen) atoms. The van der Waals surface area contributed by atoms with Crippen LogP contribution in [0.25, 0.3) is 6.08 Å². The van der Waals surface area contributed by atoms with Crippen molar-refractivity contribution in [2.24, 2.45) is 64.6 Å². The number of carbonyl (C=O) groups excluding carboxylic acids is 8. The lowest BCUT2D eigenvalue weighted by Crippen LogP contribution is -2.59. The van der Waals surface area contributed by atoms with Gasteiger partial charge in [0.1, 0.15) is 34.8 Å². The Morgan fingerprint density at radius 3 is 1.51 bits per heavy atom. The molecular formula is C73H97NO16. The Morgan fingerprint density at radius 2 is 1.09 bits per heavy atom. The van der Waals surface area contributed by atoms with Crippen LogP contribution in [0, 0.1) is 75.9 Å². The van der Waals surface area contributed by atoms with Crippen molar-refractivity contribution in [2.75, 3.05) is 6.61 Å². The molecule has 0 radical (unpaired) electrons. The Balaban J connectivity index is 0.000000155. The average molecular weight is 1240 g/mol. The first-order valence-electron chi connectivity index (χ1n) is 32.5. The standard InChI is InChI=1S/C16H24O2.C15H22O2.C13H13NO4.C11H18O2.C10H10O2.C8H10O4/c1-4-16(18-15(17)10(2)3)13-6-11-5-12(8-13)9-14(16)7-11;1-9(2)14(16)17-15(3)12-5-10-4-11(7-12)8-13(15)6-10;1-6(2)11(15)17-9-7-3-8-10(9)18-12(16)13(8,4-7)5-14;1-4-11(7-5-6-8-11)13-10(12)9(2)3;1-3-9-4-6-10(7-5-9)12-8(2)11;1-5(2)7(9)12-6-3-4-11-8(6)10/h11-14H,2,4-9H2,1,3H3;10-13H,1,4-8H2,2-3H3;7-10H,1,3-4H2,2H3;2,4-8H2,1,3H3;3-7H,1H2,2H3;6H,1,3-4H2,2H3. The maximum Gasteiger partial charge on any atom is 0.347 e. The van der Waals surface area contributed by atoms with Crippen LogP contribution in [-0.4, -0.2) is 89.5 Å². The second-order valence-corrected chi connectivity index (χ2v) is 27.8. The van der Waals surface area contributed by atoms with Gasteiger partial charge in [-0.05, 0) is 222 Å². The molecule has 1 aromatic carbocycles. The number of ether oxygens (including phenoxy) is 8. The first kappa shape index (κ1) is 70.4. The first-order valence-corrected chi connectivity index (χ1v) is 32.5. The molecule has 6 unspecified atom stereocenters. The van der Waals surface area contributed by atoms with Gasteiger partial charge >= 0.3 is 47.8 Å². The zero-order valence-corrected chi connectivity index (χ0v) is 54.8. The third-order valence-corrected chi connectivity index (χ3v) is 21.2. The van der Waals surface area contributed by atoms with Gasteiger partial charge in [0.2, 0.25) is 6.10 Å². The van der Waals surface area contributed by atoms with E-state index in [4.69, 9.17) is 33.2 Å². The van der Waals surface area contributed by atoms with Crippen LogP contribution in [-0.2, 0) is 71.5 Å². The molecule has 17 nitrogen and oxygen atoms in total. The van der Waals surface area contributed by atoms with E-state index in [9.17, 15) is 43.6 Å². The number of nitriles is 1. The highest BCUT2D eigenvalue weighted by molar-refractivity contribution is 5.90. The van der Waals surface area contributed by atoms with Crippen LogP contribution >= 0.6 is 0 Å². The molecule has 1 aromatic rings. The van der Waals surface area contributed by atoms with E-state index in [-0.39, 0.29) is 58.1 Å². The van der Waals surface area contributed by atoms with E-state index in [2.05, 4.69) is 71.1 Å². The van der Waals surface area contributed by atoms with E-state index >= 15 is 0 Å². The third kappa shape index (κ3) is 15.8. The molecule has 11 saturated carbocycles. The molecule has 13 aliphatic rings. The van der Waals surface area contributed by atoms with Crippen LogP contribution in [0.1, 0.15) is 190 Å². The summed E-state index contributed by atoms with van der Waals surface area (Å²) in [5.41, 5.74) is 1.66. The number of cyclic esters (lactones) is 1. The van der Waals surface area contributed by atoms with Crippen molar-refractivity contribution >= 4 is 53.8 Å². The van der Waals surface area contributed by atoms with E-state index in [1.165, 1.54) is 90.9 Å². The molecule has 6 atom stereocenters. The maximum absolute atomic E-state index is 12.0. The maximum atomic E-state index is 12.0. The predicted octanol–water partition coefficient (Wildman–Crippen LogP) is 13.5. The summed E-state index contributed by atoms with van der Waals surface area (Å²) in [7, 11) is 0. The highest BCUT2D eigenvalue weighted by Gasteiger charge is 2.72. The highest BCUT2D eigenvalue weighted by atomic mass is 16.6. The minimum Gasteiger partial charge on any atom is -0.463 e. The molecule has 490 valence electrons. The van der Waals surface area contributed by atoms with Crippen LogP contribution in [0.5, 0.6) is 5.75 Å². The van der Waals surface area contributed by atoms with Gasteiger partial charge in [0, 0.05) is 53.0 Å². The molecule has 2 aliphatic heterocycles. The van der Waals surface area contributed by atoms with Crippen LogP contribution in [0.2, 0.25) is 0 Å². The Kier molecular flexibility index (Phi) is 23.0. The smallest absolute Gasteiger partial charge is 0.347 e. The lowest BCUT2D eigenvalue weighted by molar-refractivity contribution is -0.207. The normalized spacial score (nSPS) is 33.5. The van der Waals surface area contributed by atoms with Gasteiger partial charge in [0.05, 0.1) is 12.7 Å². The fraction of sp³-hybridized carbons (Fsp3) is 0.630. The summed E-state index contributed by atoms with van der Waals surface area (Å²) < 4.78 is 42.1. The van der Waals surface area contributed by atoms with E-state index in [0.29, 0.717) is 71.2 Å². The van der Waals surface area contributed by atoms with Crippen molar-refractivity contribution < 1.29 is 76.3 Å². The largest absolute Gasteiger partial charge is 0.463 e. The average Bonchev–Trinajstić information content (AvgIpc) is 1.40. The summed E-state index contributed by atoms with van der Waals surface area (Å²) in [6.45, 7) is 38.0. The van der Waals surface area contributed by atoms with Crippen LogP contribution in [0.15, 0.2) is 91.6 Å². The van der Waals surface area contributed by atoms with Crippen LogP contribution in [0.4, 0.5) is 0 Å². The quantitative estimate of drug-likeness (QED) is 0.0729. The number of hydrogen-bond acceptors (Lipinski definition) is 17. The molecule has 2 saturated heterocycles. The van der Waals surface area contributed by atoms with Crippen molar-refractivity contribution in [3.63, 3.8) is 0 Å². The van der Waals surface area contributed by atoms with Crippen molar-refractivity contribution in [3.05, 3.63) is 97.2 Å². The molecule has 17 heteroatoms. The number of hydrogen-bond donors (Lipinski definition) is 0. The second kappa shape index (κ2) is 29.5. The van der Waals surface area contributed by atoms with E-state index in [1.54, 1.807) is 45.9 Å². The van der Waals surface area contributed by atoms with Gasteiger partial charge in [-0.2, -0.15) is 5.26 Å². The number of nitrogens with zero attached hydrogens (tertiary/aromatic N) is 1. The molecule has 0 N–H and O–H groups in total. The van der Waals surface area contributed by atoms with E-state index < -0.39 is 47.6 Å². The summed E-state index contributed by atoms with van der Waals surface area (Å²) in [6.07, 6.45) is 21.1. The SMILES string of the molecule is C=C(C)C(=O)OC1(C)C2CC3CC(C2)CC1C3.C=C(C)C(=O)OC1(CC)C2CC3CC(C2)CC1C3.C=C(C)C(=O)OC1(CC)CCCC1.C=C(C)C(=O)OC1C2CC3C1OC(=O)C3(C#N)C2.C=C(C)C(=O)OC1CCOC1=O.C=Cc1ccc(OC(C)=O)cc1. The number of benzene rings is 1. The number of carbonyl (C=O) groups is 8. The van der Waals surface area contributed by atoms with Crippen molar-refractivity contribution in [1.82, 2.24) is 0 Å². The number of rotatable bonds is 14. The van der Waals surface area contributed by atoms with Crippen molar-refractivity contribution in [1.29, 1.82) is 5.26 Å². The fourth-order valence-corrected chi connectivity index (χ4v) is 16.6. The first-order chi connectivity index (χ1) is 42.5. The van der Waals surface area contributed by atoms with Crippen LogP contribution < -0.4 is 4.74 Å². The van der Waals surface area contributed by atoms with Gasteiger partial charge in [-0.15, -0.1) is 0 Å². The van der Waals surface area contributed by atoms with Gasteiger partial charge in [0.15, 0.2) is 5.41 Å². The summed E-state index contributed by atoms with van der Waals surface area (Å²) in [6, 6.07) is 9.26. The zero-order valence-electron chi connectivity index (χ0n) is 54.8. The van der Waals surface area contributed by atoms with Gasteiger partial charge < -0.3 is 37.9 Å². The van der Waals surface area contributed by atoms with Crippen LogP contribution in [0.3, 0.4) is 0 Å². The predicted molar refractivity (Wildman–Crippen MR) is 337 cm³/mol. The zero-order chi connectivity index (χ0) is 66.2. The minimum atomic E-state index is -0.985. The summed E-state index contributed by atoms with van der Waals surface area (Å²) in [5.74, 6) is 3.74. The second-order valence-electron chi connectivity index (χ2n) is 27.8. The Morgan fingerprint density at radius 1 is 0.622 bits per heavy atom. The fourth-order valence-electron chi connectivity index (χ4n) is 16.6. The molecule has 10 bridgehead atoms. The lowest BCUT2D eigenvalue weighted by Gasteiger charge is -2.60. The van der Waals surface area contributed by atoms with Gasteiger partial charge in [-0.3, -0.25) is 9.59 Å². The van der Waals surface area contributed by atoms with Crippen molar-refractivity contribution in [2.45, 2.75) is 219 Å². The van der Waals surface area contributed by atoms with Gasteiger partial charge in [-0.1, -0.05) is 71.5 Å². The molecular weight excluding hydrogens is 1150 g/mol. The molecule has 0 aromatic heterocycles. The third-order valence-electron chi connectivity index (χ3n) is 21.2. The highest BCUT2D eigenvalue weighted by Crippen LogP contribution is 2.63. The lowest BCUT2D eigenvalue weighted by atomic mass is 9.49. The van der Waals surface area contributed by atoms with Crippen molar-refractivity contribution in [3.8, 4) is 11.8 Å². The molecule has 13 fully saturated rings. The molecule has 0 amide bonds. The topological polar surface area (TPSA) is 234 Å². The van der Waals surface area contributed by atoms with E-state index in [1.807, 2.05) is 12.1 Å². The Labute approximate surface area is 532 Å². The number of fused-ring (bicyclic) bond motifs is 1. The minimum absolute atomic E-state index is 0.0504. The monoisotopic (exact) mass is 1240 g/mol. The Bertz CT molecular complexity index is 2950. The van der Waals surface area contributed by atoms with E-state index in [0.717, 1.165) is 61.3 Å². The van der Waals surface area contributed by atoms with Gasteiger partial charge in [-0.25, -0.2) is 28.8 Å². The molecule has 11 aliphatic carbocycles.